The molecule has 0 heterocycles. The molecule has 1 N–H and O–H groups in total. The first-order chi connectivity index (χ1) is 8.68. The lowest BCUT2D eigenvalue weighted by atomic mass is 9.87. The van der Waals surface area contributed by atoms with E-state index in [-0.39, 0.29) is 0 Å². The van der Waals surface area contributed by atoms with Crippen LogP contribution in [0.2, 0.25) is 0 Å². The highest BCUT2D eigenvalue weighted by molar-refractivity contribution is 5.31. The van der Waals surface area contributed by atoms with Crippen LogP contribution in [0.15, 0.2) is 30.3 Å². The van der Waals surface area contributed by atoms with Gasteiger partial charge in [0.25, 0.3) is 0 Å². The molecule has 1 unspecified atom stereocenters. The summed E-state index contributed by atoms with van der Waals surface area (Å²) in [5.41, 5.74) is 0.484. The van der Waals surface area contributed by atoms with E-state index in [4.69, 9.17) is 0 Å². The number of hydrogen-bond acceptors (Lipinski definition) is 3. The maximum atomic E-state index is 9.62. The molecule has 3 heteroatoms. The predicted octanol–water partition coefficient (Wildman–Crippen LogP) is 2.36. The van der Waals surface area contributed by atoms with Crippen molar-refractivity contribution in [2.24, 2.45) is 0 Å². The van der Waals surface area contributed by atoms with E-state index in [2.05, 4.69) is 30.3 Å². The molecule has 0 saturated heterocycles. The lowest BCUT2D eigenvalue weighted by Gasteiger charge is -2.30. The second-order valence-corrected chi connectivity index (χ2v) is 4.56. The van der Waals surface area contributed by atoms with Gasteiger partial charge in [0.15, 0.2) is 0 Å². The molecule has 0 aromatic heterocycles. The largest absolute Gasteiger partial charge is 0.307 e. The minimum absolute atomic E-state index is 0.570. The first-order valence-corrected chi connectivity index (χ1v) is 6.59. The molecule has 3 nitrogen and oxygen atoms in total. The smallest absolute Gasteiger partial charge is 0.133 e. The van der Waals surface area contributed by atoms with Crippen LogP contribution < -0.4 is 5.32 Å². The van der Waals surface area contributed by atoms with Crippen molar-refractivity contribution in [1.82, 2.24) is 10.2 Å². The third-order valence-corrected chi connectivity index (χ3v) is 3.34. The van der Waals surface area contributed by atoms with Crippen LogP contribution in [-0.2, 0) is 5.54 Å². The highest BCUT2D eigenvalue weighted by Crippen LogP contribution is 2.24. The Balaban J connectivity index is 2.92. The van der Waals surface area contributed by atoms with Gasteiger partial charge in [0, 0.05) is 6.54 Å². The summed E-state index contributed by atoms with van der Waals surface area (Å²) in [7, 11) is 2.08. The number of nitriles is 1. The van der Waals surface area contributed by atoms with Gasteiger partial charge in [-0.1, -0.05) is 44.2 Å². The zero-order chi connectivity index (χ0) is 13.4. The van der Waals surface area contributed by atoms with E-state index in [9.17, 15) is 5.26 Å². The van der Waals surface area contributed by atoms with Crippen molar-refractivity contribution in [3.8, 4) is 6.07 Å². The molecule has 0 radical (unpaired) electrons. The van der Waals surface area contributed by atoms with E-state index in [1.807, 2.05) is 37.3 Å². The Morgan fingerprint density at radius 2 is 1.94 bits per heavy atom. The summed E-state index contributed by atoms with van der Waals surface area (Å²) in [5.74, 6) is 0. The Bertz CT molecular complexity index is 382. The maximum absolute atomic E-state index is 9.62. The topological polar surface area (TPSA) is 39.1 Å². The maximum Gasteiger partial charge on any atom is 0.133 e. The summed E-state index contributed by atoms with van der Waals surface area (Å²) in [6, 6.07) is 12.5. The minimum atomic E-state index is -0.570. The van der Waals surface area contributed by atoms with Crippen LogP contribution in [0.1, 0.15) is 25.8 Å². The van der Waals surface area contributed by atoms with E-state index in [0.29, 0.717) is 0 Å². The van der Waals surface area contributed by atoms with Gasteiger partial charge in [-0.3, -0.25) is 5.32 Å². The van der Waals surface area contributed by atoms with E-state index < -0.39 is 5.54 Å². The van der Waals surface area contributed by atoms with Gasteiger partial charge in [0.1, 0.15) is 5.54 Å². The fourth-order valence-electron chi connectivity index (χ4n) is 2.04. The molecule has 0 saturated carbocycles. The Hall–Kier alpha value is -1.37. The highest BCUT2D eigenvalue weighted by atomic mass is 15.1. The highest BCUT2D eigenvalue weighted by Gasteiger charge is 2.30. The van der Waals surface area contributed by atoms with Gasteiger partial charge in [0.05, 0.1) is 6.07 Å². The molecule has 0 amide bonds. The Kier molecular flexibility index (Phi) is 5.84. The zero-order valence-corrected chi connectivity index (χ0v) is 11.6. The number of nitrogens with zero attached hydrogens (tertiary/aromatic N) is 2. The number of rotatable bonds is 7. The van der Waals surface area contributed by atoms with Gasteiger partial charge >= 0.3 is 0 Å². The second kappa shape index (κ2) is 7.15. The summed E-state index contributed by atoms with van der Waals surface area (Å²) < 4.78 is 0. The molecule has 0 aliphatic rings. The third-order valence-electron chi connectivity index (χ3n) is 3.34. The van der Waals surface area contributed by atoms with Crippen LogP contribution in [0.4, 0.5) is 0 Å². The fraction of sp³-hybridized carbons (Fsp3) is 0.533. The van der Waals surface area contributed by atoms with E-state index >= 15 is 0 Å². The van der Waals surface area contributed by atoms with Crippen LogP contribution in [0, 0.1) is 11.3 Å². The third kappa shape index (κ3) is 3.56. The summed E-state index contributed by atoms with van der Waals surface area (Å²) in [5, 5.41) is 13.0. The summed E-state index contributed by atoms with van der Waals surface area (Å²) in [4.78, 5) is 2.23. The van der Waals surface area contributed by atoms with Gasteiger partial charge in [-0.15, -0.1) is 0 Å². The monoisotopic (exact) mass is 245 g/mol. The quantitative estimate of drug-likeness (QED) is 0.801. The molecular weight excluding hydrogens is 222 g/mol. The van der Waals surface area contributed by atoms with E-state index in [0.717, 1.165) is 31.6 Å². The van der Waals surface area contributed by atoms with Crippen molar-refractivity contribution < 1.29 is 0 Å². The molecule has 1 rings (SSSR count). The molecule has 0 bridgehead atoms. The predicted molar refractivity (Wildman–Crippen MR) is 75.2 cm³/mol. The van der Waals surface area contributed by atoms with Crippen LogP contribution in [0.3, 0.4) is 0 Å². The van der Waals surface area contributed by atoms with E-state index in [1.165, 1.54) is 0 Å². The van der Waals surface area contributed by atoms with Gasteiger partial charge < -0.3 is 4.90 Å². The normalized spacial score (nSPS) is 14.2. The van der Waals surface area contributed by atoms with Crippen molar-refractivity contribution in [3.05, 3.63) is 35.9 Å². The summed E-state index contributed by atoms with van der Waals surface area (Å²) >= 11 is 0. The van der Waals surface area contributed by atoms with Gasteiger partial charge in [-0.25, -0.2) is 0 Å². The molecule has 1 aromatic rings. The standard InChI is InChI=1S/C15H23N3/c1-4-17-15(13-16,11-12-18(3)5-2)14-9-7-6-8-10-14/h6-10,17H,4-5,11-12H2,1-3H3. The van der Waals surface area contributed by atoms with E-state index in [1.54, 1.807) is 0 Å². The molecule has 98 valence electrons. The lowest BCUT2D eigenvalue weighted by molar-refractivity contribution is 0.292. The minimum Gasteiger partial charge on any atom is -0.307 e. The Morgan fingerprint density at radius 1 is 1.28 bits per heavy atom. The molecule has 1 atom stereocenters. The van der Waals surface area contributed by atoms with Gasteiger partial charge in [-0.2, -0.15) is 5.26 Å². The fourth-order valence-corrected chi connectivity index (χ4v) is 2.04. The number of hydrogen-bond donors (Lipinski definition) is 1. The van der Waals surface area contributed by atoms with Crippen molar-refractivity contribution in [3.63, 3.8) is 0 Å². The van der Waals surface area contributed by atoms with Gasteiger partial charge in [-0.05, 0) is 32.1 Å². The van der Waals surface area contributed by atoms with Crippen LogP contribution in [0.5, 0.6) is 0 Å². The van der Waals surface area contributed by atoms with Crippen molar-refractivity contribution >= 4 is 0 Å². The molecule has 18 heavy (non-hydrogen) atoms. The average Bonchev–Trinajstić information content (AvgIpc) is 2.44. The first-order valence-electron chi connectivity index (χ1n) is 6.59. The molecule has 0 spiro atoms. The Labute approximate surface area is 110 Å². The Morgan fingerprint density at radius 3 is 2.44 bits per heavy atom. The van der Waals surface area contributed by atoms with Crippen molar-refractivity contribution in [2.75, 3.05) is 26.7 Å². The number of benzene rings is 1. The molecule has 0 aliphatic carbocycles. The second-order valence-electron chi connectivity index (χ2n) is 4.56. The van der Waals surface area contributed by atoms with Crippen molar-refractivity contribution in [1.29, 1.82) is 5.26 Å². The van der Waals surface area contributed by atoms with Crippen LogP contribution in [0.25, 0.3) is 0 Å². The summed E-state index contributed by atoms with van der Waals surface area (Å²) in [6.07, 6.45) is 0.797. The first kappa shape index (κ1) is 14.7. The average molecular weight is 245 g/mol. The van der Waals surface area contributed by atoms with Crippen molar-refractivity contribution in [2.45, 2.75) is 25.8 Å². The van der Waals surface area contributed by atoms with Gasteiger partial charge in [0.2, 0.25) is 0 Å². The number of nitrogens with one attached hydrogen (secondary N) is 1. The van der Waals surface area contributed by atoms with Crippen LogP contribution >= 0.6 is 0 Å². The SMILES string of the molecule is CCNC(C#N)(CCN(C)CC)c1ccccc1. The molecule has 0 fully saturated rings. The molecule has 1 aromatic carbocycles. The zero-order valence-electron chi connectivity index (χ0n) is 11.6. The molecular formula is C15H23N3. The van der Waals surface area contributed by atoms with Crippen LogP contribution in [-0.4, -0.2) is 31.6 Å². The summed E-state index contributed by atoms with van der Waals surface area (Å²) in [6.45, 7) is 6.87. The lowest BCUT2D eigenvalue weighted by Crippen LogP contribution is -2.43. The molecule has 0 aliphatic heterocycles.